The van der Waals surface area contributed by atoms with Gasteiger partial charge in [0.15, 0.2) is 0 Å². The van der Waals surface area contributed by atoms with E-state index < -0.39 is 0 Å². The van der Waals surface area contributed by atoms with Crippen molar-refractivity contribution in [2.75, 3.05) is 9.80 Å². The first-order valence-corrected chi connectivity index (χ1v) is 16.8. The second-order valence-corrected chi connectivity index (χ2v) is 13.2. The molecule has 0 unspecified atom stereocenters. The molecule has 0 saturated carbocycles. The molecule has 3 heteroatoms. The molecule has 47 heavy (non-hydrogen) atoms. The fourth-order valence-electron chi connectivity index (χ4n) is 7.51. The van der Waals surface area contributed by atoms with Gasteiger partial charge in [0.05, 0.1) is 27.4 Å². The van der Waals surface area contributed by atoms with Gasteiger partial charge in [-0.05, 0) is 70.9 Å². The maximum Gasteiger partial charge on any atom is 0.0640 e. The summed E-state index contributed by atoms with van der Waals surface area (Å²) in [5.41, 5.74) is 9.59. The van der Waals surface area contributed by atoms with Crippen LogP contribution in [0.3, 0.4) is 0 Å². The predicted molar refractivity (Wildman–Crippen MR) is 203 cm³/mol. The van der Waals surface area contributed by atoms with E-state index in [0.717, 1.165) is 11.4 Å². The van der Waals surface area contributed by atoms with Gasteiger partial charge in [0.1, 0.15) is 0 Å². The Kier molecular flexibility index (Phi) is 5.78. The van der Waals surface area contributed by atoms with E-state index in [9.17, 15) is 0 Å². The van der Waals surface area contributed by atoms with Crippen molar-refractivity contribution in [1.82, 2.24) is 0 Å². The molecule has 0 aliphatic carbocycles. The van der Waals surface area contributed by atoms with Crippen LogP contribution in [0, 0.1) is 0 Å². The molecular formula is C44H28N2S. The van der Waals surface area contributed by atoms with Crippen molar-refractivity contribution in [1.29, 1.82) is 0 Å². The highest BCUT2D eigenvalue weighted by atomic mass is 32.1. The monoisotopic (exact) mass is 616 g/mol. The van der Waals surface area contributed by atoms with E-state index in [1.54, 1.807) is 0 Å². The third-order valence-electron chi connectivity index (χ3n) is 9.56. The minimum Gasteiger partial charge on any atom is -0.309 e. The summed E-state index contributed by atoms with van der Waals surface area (Å²) in [7, 11) is 0. The number of benzene rings is 8. The average molecular weight is 617 g/mol. The van der Waals surface area contributed by atoms with Crippen molar-refractivity contribution >= 4 is 87.2 Å². The molecule has 2 nitrogen and oxygen atoms in total. The zero-order chi connectivity index (χ0) is 30.9. The Bertz CT molecular complexity index is 2640. The number of para-hydroxylation sites is 1. The zero-order valence-electron chi connectivity index (χ0n) is 25.5. The number of thiophene rings is 1. The van der Waals surface area contributed by atoms with Crippen LogP contribution in [0.4, 0.5) is 34.1 Å². The van der Waals surface area contributed by atoms with Crippen molar-refractivity contribution in [3.63, 3.8) is 0 Å². The minimum atomic E-state index is 1.12. The molecule has 1 aromatic heterocycles. The summed E-state index contributed by atoms with van der Waals surface area (Å²) in [6.07, 6.45) is 0. The lowest BCUT2D eigenvalue weighted by atomic mass is 9.91. The van der Waals surface area contributed by atoms with Gasteiger partial charge in [-0.15, -0.1) is 11.3 Å². The van der Waals surface area contributed by atoms with Crippen molar-refractivity contribution in [3.05, 3.63) is 170 Å². The molecule has 1 aliphatic rings. The molecule has 9 aromatic rings. The van der Waals surface area contributed by atoms with Gasteiger partial charge in [-0.3, -0.25) is 0 Å². The Morgan fingerprint density at radius 3 is 1.96 bits per heavy atom. The second-order valence-electron chi connectivity index (χ2n) is 12.1. The van der Waals surface area contributed by atoms with Crippen LogP contribution < -0.4 is 9.80 Å². The molecule has 220 valence electrons. The molecule has 0 N–H and O–H groups in total. The maximum absolute atomic E-state index is 2.45. The van der Waals surface area contributed by atoms with Crippen LogP contribution in [0.25, 0.3) is 52.8 Å². The lowest BCUT2D eigenvalue weighted by Gasteiger charge is -2.34. The van der Waals surface area contributed by atoms with Gasteiger partial charge in [-0.1, -0.05) is 115 Å². The number of fused-ring (bicyclic) bond motifs is 6. The highest BCUT2D eigenvalue weighted by molar-refractivity contribution is 7.26. The van der Waals surface area contributed by atoms with Crippen molar-refractivity contribution in [2.24, 2.45) is 0 Å². The van der Waals surface area contributed by atoms with Gasteiger partial charge in [-0.2, -0.15) is 0 Å². The fourth-order valence-corrected chi connectivity index (χ4v) is 8.71. The van der Waals surface area contributed by atoms with Gasteiger partial charge < -0.3 is 9.80 Å². The lowest BCUT2D eigenvalue weighted by Crippen LogP contribution is -2.15. The van der Waals surface area contributed by atoms with Crippen molar-refractivity contribution in [3.8, 4) is 11.1 Å². The van der Waals surface area contributed by atoms with E-state index in [1.807, 2.05) is 11.3 Å². The molecule has 1 aliphatic heterocycles. The van der Waals surface area contributed by atoms with E-state index in [0.29, 0.717) is 0 Å². The Morgan fingerprint density at radius 1 is 0.426 bits per heavy atom. The standard InChI is InChI=1S/C44H28N2S/c1-2-15-33-29(11-1)12-8-21-38(33)46(41-23-10-19-37-35-17-4-6-24-42(35)47-44(37)41)32-27-25-31(26-28-32)45-39-20-5-3-16-34(39)36-18-7-13-30-14-9-22-40(45)43(30)36/h1-28H. The quantitative estimate of drug-likeness (QED) is 0.194. The van der Waals surface area contributed by atoms with Gasteiger partial charge in [-0.25, -0.2) is 0 Å². The topological polar surface area (TPSA) is 6.48 Å². The summed E-state index contributed by atoms with van der Waals surface area (Å²) in [4.78, 5) is 4.87. The molecular weight excluding hydrogens is 589 g/mol. The van der Waals surface area contributed by atoms with Crippen LogP contribution in [0.15, 0.2) is 170 Å². The molecule has 10 rings (SSSR count). The Balaban J connectivity index is 1.19. The highest BCUT2D eigenvalue weighted by Gasteiger charge is 2.26. The summed E-state index contributed by atoms with van der Waals surface area (Å²) in [5, 5.41) is 7.61. The van der Waals surface area contributed by atoms with Crippen LogP contribution in [0.2, 0.25) is 0 Å². The van der Waals surface area contributed by atoms with Crippen LogP contribution in [-0.4, -0.2) is 0 Å². The Morgan fingerprint density at radius 2 is 1.04 bits per heavy atom. The van der Waals surface area contributed by atoms with Crippen LogP contribution >= 0.6 is 11.3 Å². The van der Waals surface area contributed by atoms with Crippen molar-refractivity contribution in [2.45, 2.75) is 0 Å². The minimum absolute atomic E-state index is 1.12. The summed E-state index contributed by atoms with van der Waals surface area (Å²) >= 11 is 1.87. The molecule has 0 spiro atoms. The first kappa shape index (κ1) is 26.3. The summed E-state index contributed by atoms with van der Waals surface area (Å²) in [6, 6.07) is 62.0. The van der Waals surface area contributed by atoms with E-state index in [-0.39, 0.29) is 0 Å². The van der Waals surface area contributed by atoms with E-state index >= 15 is 0 Å². The van der Waals surface area contributed by atoms with Gasteiger partial charge in [0, 0.05) is 43.2 Å². The predicted octanol–water partition coefficient (Wildman–Crippen LogP) is 13.3. The summed E-state index contributed by atoms with van der Waals surface area (Å²) in [5.74, 6) is 0. The molecule has 8 aromatic carbocycles. The SMILES string of the molecule is c1ccc2c(c1)-c1cccc3cccc(c13)N2c1ccc(N(c2cccc3ccccc23)c2cccc3c2sc2ccccc23)cc1. The maximum atomic E-state index is 2.45. The molecule has 0 fully saturated rings. The number of hydrogen-bond donors (Lipinski definition) is 0. The zero-order valence-corrected chi connectivity index (χ0v) is 26.3. The molecule has 0 saturated heterocycles. The van der Waals surface area contributed by atoms with Crippen LogP contribution in [-0.2, 0) is 0 Å². The molecule has 0 atom stereocenters. The van der Waals surface area contributed by atoms with E-state index in [1.165, 1.54) is 75.6 Å². The van der Waals surface area contributed by atoms with Gasteiger partial charge in [0.25, 0.3) is 0 Å². The van der Waals surface area contributed by atoms with Crippen LogP contribution in [0.5, 0.6) is 0 Å². The average Bonchev–Trinajstić information content (AvgIpc) is 3.52. The smallest absolute Gasteiger partial charge is 0.0640 e. The second kappa shape index (κ2) is 10.3. The lowest BCUT2D eigenvalue weighted by molar-refractivity contribution is 1.27. The number of anilines is 6. The molecule has 0 amide bonds. The first-order chi connectivity index (χ1) is 23.3. The third-order valence-corrected chi connectivity index (χ3v) is 10.8. The van der Waals surface area contributed by atoms with Crippen molar-refractivity contribution < 1.29 is 0 Å². The molecule has 2 heterocycles. The fraction of sp³-hybridized carbons (Fsp3) is 0. The number of hydrogen-bond acceptors (Lipinski definition) is 3. The number of nitrogens with zero attached hydrogens (tertiary/aromatic N) is 2. The number of rotatable bonds is 4. The molecule has 0 bridgehead atoms. The summed E-state index contributed by atoms with van der Waals surface area (Å²) < 4.78 is 2.60. The summed E-state index contributed by atoms with van der Waals surface area (Å²) in [6.45, 7) is 0. The van der Waals surface area contributed by atoms with Crippen LogP contribution in [0.1, 0.15) is 0 Å². The highest BCUT2D eigenvalue weighted by Crippen LogP contribution is 2.52. The van der Waals surface area contributed by atoms with Gasteiger partial charge in [0.2, 0.25) is 0 Å². The normalized spacial score (nSPS) is 12.2. The largest absolute Gasteiger partial charge is 0.309 e. The van der Waals surface area contributed by atoms with E-state index in [2.05, 4.69) is 180 Å². The Hall–Kier alpha value is -5.90. The first-order valence-electron chi connectivity index (χ1n) is 16.0. The van der Waals surface area contributed by atoms with E-state index in [4.69, 9.17) is 0 Å². The third kappa shape index (κ3) is 3.97. The molecule has 0 radical (unpaired) electrons. The Labute approximate surface area is 277 Å². The van der Waals surface area contributed by atoms with Gasteiger partial charge >= 0.3 is 0 Å².